The van der Waals surface area contributed by atoms with E-state index in [0.29, 0.717) is 0 Å². The Balaban J connectivity index is 0.862. The molecule has 0 aliphatic heterocycles. The zero-order valence-corrected chi connectivity index (χ0v) is 45.7. The van der Waals surface area contributed by atoms with Gasteiger partial charge < -0.3 is 23.5 Å². The van der Waals surface area contributed by atoms with Gasteiger partial charge in [0.25, 0.3) is 0 Å². The van der Waals surface area contributed by atoms with Crippen LogP contribution >= 0.6 is 0 Å². The molecule has 14 aromatic rings. The highest BCUT2D eigenvalue weighted by Gasteiger charge is 2.24. The number of aromatic nitrogens is 3. The normalized spacial score (nSPS) is 14.9. The summed E-state index contributed by atoms with van der Waals surface area (Å²) in [6.07, 6.45) is 19.9. The van der Waals surface area contributed by atoms with Gasteiger partial charge in [-0.15, -0.1) is 0 Å². The van der Waals surface area contributed by atoms with E-state index in [1.807, 2.05) is 0 Å². The molecule has 5 heteroatoms. The first kappa shape index (κ1) is 48.3. The number of rotatable bonds is 11. The number of benzene rings is 11. The fourth-order valence-corrected chi connectivity index (χ4v) is 13.4. The van der Waals surface area contributed by atoms with E-state index in [0.717, 1.165) is 52.7 Å². The Labute approximate surface area is 482 Å². The van der Waals surface area contributed by atoms with Crippen molar-refractivity contribution in [3.8, 4) is 27.9 Å². The van der Waals surface area contributed by atoms with E-state index in [1.54, 1.807) is 0 Å². The number of fused-ring (bicyclic) bond motifs is 9. The van der Waals surface area contributed by atoms with Crippen LogP contribution in [0.2, 0.25) is 0 Å². The van der Waals surface area contributed by atoms with Crippen molar-refractivity contribution in [2.45, 2.75) is 24.9 Å². The van der Waals surface area contributed by atoms with Crippen molar-refractivity contribution in [3.63, 3.8) is 0 Å². The number of nitrogens with zero attached hydrogens (tertiary/aromatic N) is 5. The predicted octanol–water partition coefficient (Wildman–Crippen LogP) is 21.4. The standard InChI is InChI=1S/C78H57N5/c1-8-22-58(23-9-1)79(59-24-10-2-11-25-59)65-40-46-77-71(52-65)69-50-56(38-44-75(69)82(77)63-32-18-6-19-33-63)54-36-42-73-67(48-54)68-49-55(37-43-74(68)81(73)62-30-16-5-17-31-62)57-39-45-76-70(51-57)72-53-66(41-47-78(72)83(76)64-34-20-7-21-35-64)80(60-26-12-3-13-27-60)61-28-14-4-15-29-61/h1-32,34,36-53,63-64H,33,35H2. The van der Waals surface area contributed by atoms with Crippen molar-refractivity contribution in [2.24, 2.45) is 0 Å². The van der Waals surface area contributed by atoms with Crippen LogP contribution in [0.5, 0.6) is 0 Å². The van der Waals surface area contributed by atoms with Gasteiger partial charge in [0.1, 0.15) is 0 Å². The lowest BCUT2D eigenvalue weighted by atomic mass is 9.98. The van der Waals surface area contributed by atoms with Gasteiger partial charge in [-0.25, -0.2) is 0 Å². The van der Waals surface area contributed by atoms with Gasteiger partial charge in [0, 0.05) is 94.2 Å². The third kappa shape index (κ3) is 8.31. The summed E-state index contributed by atoms with van der Waals surface area (Å²) in [6.45, 7) is 0. The number of allylic oxidation sites excluding steroid dienone is 8. The molecule has 83 heavy (non-hydrogen) atoms. The third-order valence-electron chi connectivity index (χ3n) is 17.2. The van der Waals surface area contributed by atoms with Gasteiger partial charge in [-0.1, -0.05) is 164 Å². The van der Waals surface area contributed by atoms with E-state index in [-0.39, 0.29) is 12.1 Å². The van der Waals surface area contributed by atoms with Gasteiger partial charge >= 0.3 is 0 Å². The van der Waals surface area contributed by atoms with Crippen molar-refractivity contribution < 1.29 is 0 Å². The summed E-state index contributed by atoms with van der Waals surface area (Å²) in [7, 11) is 0. The number of para-hydroxylation sites is 5. The zero-order valence-electron chi connectivity index (χ0n) is 45.7. The van der Waals surface area contributed by atoms with Crippen LogP contribution in [0.1, 0.15) is 24.9 Å². The Bertz CT molecular complexity index is 4540. The average molecular weight is 1060 g/mol. The molecule has 2 atom stereocenters. The van der Waals surface area contributed by atoms with Gasteiger partial charge in [0.15, 0.2) is 0 Å². The van der Waals surface area contributed by atoms with E-state index in [9.17, 15) is 0 Å². The quantitative estimate of drug-likeness (QED) is 0.129. The Morgan fingerprint density at radius 1 is 0.265 bits per heavy atom. The highest BCUT2D eigenvalue weighted by atomic mass is 15.1. The lowest BCUT2D eigenvalue weighted by molar-refractivity contribution is 0.648. The van der Waals surface area contributed by atoms with Crippen LogP contribution in [-0.2, 0) is 0 Å². The minimum absolute atomic E-state index is 0.207. The summed E-state index contributed by atoms with van der Waals surface area (Å²) in [6, 6.07) is 96.6. The number of hydrogen-bond acceptors (Lipinski definition) is 2. The molecule has 0 bridgehead atoms. The molecule has 2 aliphatic carbocycles. The first-order chi connectivity index (χ1) is 41.2. The van der Waals surface area contributed by atoms with Crippen molar-refractivity contribution in [1.29, 1.82) is 0 Å². The first-order valence-corrected chi connectivity index (χ1v) is 29.0. The minimum Gasteiger partial charge on any atom is -0.333 e. The Morgan fingerprint density at radius 3 is 0.904 bits per heavy atom. The molecule has 5 nitrogen and oxygen atoms in total. The molecule has 2 unspecified atom stereocenters. The average Bonchev–Trinajstić information content (AvgIpc) is 2.36. The smallest absolute Gasteiger partial charge is 0.0560 e. The van der Waals surface area contributed by atoms with Crippen LogP contribution in [0.25, 0.3) is 93.4 Å². The maximum Gasteiger partial charge on any atom is 0.0560 e. The first-order valence-electron chi connectivity index (χ1n) is 29.0. The van der Waals surface area contributed by atoms with Crippen LogP contribution in [0.4, 0.5) is 34.1 Å². The lowest BCUT2D eigenvalue weighted by Gasteiger charge is -2.25. The second-order valence-corrected chi connectivity index (χ2v) is 22.0. The van der Waals surface area contributed by atoms with Crippen molar-refractivity contribution in [1.82, 2.24) is 13.7 Å². The maximum atomic E-state index is 2.55. The lowest BCUT2D eigenvalue weighted by Crippen LogP contribution is -2.10. The van der Waals surface area contributed by atoms with Crippen LogP contribution in [0, 0.1) is 0 Å². The molecular weight excluding hydrogens is 1010 g/mol. The molecular formula is C78H57N5. The minimum atomic E-state index is 0.207. The molecule has 16 rings (SSSR count). The fourth-order valence-electron chi connectivity index (χ4n) is 13.4. The summed E-state index contributed by atoms with van der Waals surface area (Å²) in [4.78, 5) is 4.73. The summed E-state index contributed by atoms with van der Waals surface area (Å²) < 4.78 is 7.53. The maximum absolute atomic E-state index is 2.55. The van der Waals surface area contributed by atoms with E-state index in [1.165, 1.54) is 87.7 Å². The highest BCUT2D eigenvalue weighted by Crippen LogP contribution is 2.45. The number of anilines is 6. The van der Waals surface area contributed by atoms with Crippen LogP contribution < -0.4 is 9.80 Å². The Morgan fingerprint density at radius 2 is 0.566 bits per heavy atom. The van der Waals surface area contributed by atoms with E-state index >= 15 is 0 Å². The Kier molecular flexibility index (Phi) is 11.7. The second kappa shape index (κ2) is 20.2. The highest BCUT2D eigenvalue weighted by molar-refractivity contribution is 6.15. The molecule has 11 aromatic carbocycles. The topological polar surface area (TPSA) is 21.3 Å². The van der Waals surface area contributed by atoms with E-state index in [2.05, 4.69) is 333 Å². The van der Waals surface area contributed by atoms with Crippen molar-refractivity contribution in [3.05, 3.63) is 309 Å². The molecule has 0 saturated heterocycles. The van der Waals surface area contributed by atoms with Crippen molar-refractivity contribution in [2.75, 3.05) is 9.80 Å². The molecule has 0 fully saturated rings. The van der Waals surface area contributed by atoms with Crippen LogP contribution in [0.15, 0.2) is 309 Å². The molecule has 3 heterocycles. The van der Waals surface area contributed by atoms with Gasteiger partial charge in [0.2, 0.25) is 0 Å². The molecule has 0 spiro atoms. The summed E-state index contributed by atoms with van der Waals surface area (Å²) in [5, 5.41) is 7.39. The monoisotopic (exact) mass is 1060 g/mol. The number of hydrogen-bond donors (Lipinski definition) is 0. The molecule has 0 N–H and O–H groups in total. The molecule has 3 aromatic heterocycles. The zero-order chi connectivity index (χ0) is 54.8. The molecule has 2 aliphatic rings. The van der Waals surface area contributed by atoms with Gasteiger partial charge in [-0.3, -0.25) is 0 Å². The molecule has 0 amide bonds. The summed E-state index contributed by atoms with van der Waals surface area (Å²) in [5.41, 5.74) is 19.9. The van der Waals surface area contributed by atoms with E-state index in [4.69, 9.17) is 0 Å². The van der Waals surface area contributed by atoms with Crippen LogP contribution in [0.3, 0.4) is 0 Å². The van der Waals surface area contributed by atoms with Gasteiger partial charge in [0.05, 0.1) is 23.1 Å². The summed E-state index contributed by atoms with van der Waals surface area (Å²) in [5.74, 6) is 0. The van der Waals surface area contributed by atoms with Crippen molar-refractivity contribution >= 4 is 99.5 Å². The Hall–Kier alpha value is -10.6. The van der Waals surface area contributed by atoms with Gasteiger partial charge in [-0.05, 0) is 181 Å². The fraction of sp³-hybridized carbons (Fsp3) is 0.0513. The molecule has 394 valence electrons. The van der Waals surface area contributed by atoms with Crippen LogP contribution in [-0.4, -0.2) is 13.7 Å². The second-order valence-electron chi connectivity index (χ2n) is 22.0. The van der Waals surface area contributed by atoms with Gasteiger partial charge in [-0.2, -0.15) is 0 Å². The third-order valence-corrected chi connectivity index (χ3v) is 17.2. The molecule has 0 radical (unpaired) electrons. The summed E-state index contributed by atoms with van der Waals surface area (Å²) >= 11 is 0. The SMILES string of the molecule is C1=CCC(n2c3ccc(-c4ccc5c(c4)c4cc(-c6ccc7c(c6)c6cc(N(c8ccccc8)c8ccccc8)ccc6n7C6C=CC=CC6)ccc4n5-c4ccccc4)cc3c3cc(N(c4ccccc4)c4ccccc4)ccc32)C=C1. The largest absolute Gasteiger partial charge is 0.333 e. The molecule has 0 saturated carbocycles. The predicted molar refractivity (Wildman–Crippen MR) is 351 cm³/mol. The van der Waals surface area contributed by atoms with E-state index < -0.39 is 0 Å².